The van der Waals surface area contributed by atoms with Crippen molar-refractivity contribution < 1.29 is 53.2 Å². The lowest BCUT2D eigenvalue weighted by molar-refractivity contribution is -0.326. The van der Waals surface area contributed by atoms with Crippen LogP contribution in [-0.4, -0.2) is 118 Å². The number of aliphatic hydroxyl groups is 3. The number of alkyl carbamates (subject to hydrolysis) is 1. The predicted octanol–water partition coefficient (Wildman–Crippen LogP) is 2.72. The van der Waals surface area contributed by atoms with Gasteiger partial charge in [0.25, 0.3) is 0 Å². The van der Waals surface area contributed by atoms with Crippen molar-refractivity contribution in [2.75, 3.05) is 53.5 Å². The van der Waals surface area contributed by atoms with Crippen molar-refractivity contribution in [2.45, 2.75) is 75.9 Å². The second kappa shape index (κ2) is 19.3. The molecule has 2 aromatic carbocycles. The van der Waals surface area contributed by atoms with Crippen LogP contribution in [0.25, 0.3) is 0 Å². The molecule has 6 atom stereocenters. The van der Waals surface area contributed by atoms with E-state index < -0.39 is 71.8 Å². The summed E-state index contributed by atoms with van der Waals surface area (Å²) in [5.74, 6) is -3.58. The maximum atomic E-state index is 15.5. The van der Waals surface area contributed by atoms with Crippen LogP contribution in [0.2, 0.25) is 0 Å². The molecule has 0 spiro atoms. The van der Waals surface area contributed by atoms with Crippen molar-refractivity contribution in [2.24, 2.45) is 0 Å². The molecule has 1 aliphatic rings. The van der Waals surface area contributed by atoms with E-state index in [0.717, 1.165) is 57.2 Å². The second-order valence-corrected chi connectivity index (χ2v) is 13.1. The SMILES string of the molecule is CC(=O)C(O)[C@H]1O[C@@H](OC(=O)NCC(=O)Nc2ccc(NCCCCc3ccc(N(CCCl)CCCl)cc3)cc2)[C@@H](F)[C@](O)(C(C)=O)[C@@]1(O)C(C)=O. The highest BCUT2D eigenvalue weighted by atomic mass is 35.5. The number of nitrogens with zero attached hydrogens (tertiary/aromatic N) is 1. The van der Waals surface area contributed by atoms with Gasteiger partial charge in [-0.05, 0) is 82.0 Å². The first-order valence-corrected chi connectivity index (χ1v) is 17.7. The molecule has 1 saturated heterocycles. The summed E-state index contributed by atoms with van der Waals surface area (Å²) in [6.07, 6.45) is -8.89. The molecule has 1 aliphatic heterocycles. The number of unbranched alkanes of at least 4 members (excludes halogenated alkanes) is 1. The fourth-order valence-corrected chi connectivity index (χ4v) is 6.19. The van der Waals surface area contributed by atoms with Gasteiger partial charge in [0.15, 0.2) is 28.6 Å². The number of rotatable bonds is 19. The summed E-state index contributed by atoms with van der Waals surface area (Å²) >= 11 is 11.8. The van der Waals surface area contributed by atoms with Crippen LogP contribution in [0.3, 0.4) is 0 Å². The van der Waals surface area contributed by atoms with Gasteiger partial charge in [-0.3, -0.25) is 19.2 Å². The Balaban J connectivity index is 1.46. The number of aryl methyl sites for hydroxylation is 1. The Morgan fingerprint density at radius 1 is 0.904 bits per heavy atom. The lowest BCUT2D eigenvalue weighted by Crippen LogP contribution is -2.80. The summed E-state index contributed by atoms with van der Waals surface area (Å²) in [6.45, 7) is 3.71. The number of hydrogen-bond acceptors (Lipinski definition) is 12. The number of benzene rings is 2. The molecule has 286 valence electrons. The number of ketones is 3. The molecule has 6 N–H and O–H groups in total. The van der Waals surface area contributed by atoms with Crippen molar-refractivity contribution >= 4 is 69.6 Å². The number of hydrogen-bond donors (Lipinski definition) is 6. The topological polar surface area (TPSA) is 204 Å². The molecule has 52 heavy (non-hydrogen) atoms. The van der Waals surface area contributed by atoms with Gasteiger partial charge in [0.2, 0.25) is 18.4 Å². The minimum atomic E-state index is -3.58. The van der Waals surface area contributed by atoms with Crippen LogP contribution < -0.4 is 20.9 Å². The van der Waals surface area contributed by atoms with E-state index in [1.54, 1.807) is 24.3 Å². The van der Waals surface area contributed by atoms with Crippen molar-refractivity contribution in [1.29, 1.82) is 0 Å². The molecule has 17 heteroatoms. The third kappa shape index (κ3) is 10.2. The summed E-state index contributed by atoms with van der Waals surface area (Å²) < 4.78 is 25.4. The number of carbonyl (C=O) groups is 5. The van der Waals surface area contributed by atoms with Gasteiger partial charge >= 0.3 is 6.09 Å². The number of carbonyl (C=O) groups excluding carboxylic acids is 5. The fraction of sp³-hybridized carbons (Fsp3) is 0.514. The summed E-state index contributed by atoms with van der Waals surface area (Å²) in [4.78, 5) is 63.7. The van der Waals surface area contributed by atoms with Crippen molar-refractivity contribution in [3.8, 4) is 0 Å². The van der Waals surface area contributed by atoms with Gasteiger partial charge in [0.05, 0.1) is 0 Å². The number of anilines is 3. The lowest BCUT2D eigenvalue weighted by atomic mass is 9.67. The van der Waals surface area contributed by atoms with Crippen molar-refractivity contribution in [1.82, 2.24) is 5.32 Å². The van der Waals surface area contributed by atoms with Crippen LogP contribution in [0, 0.1) is 0 Å². The minimum absolute atomic E-state index is 0.403. The van der Waals surface area contributed by atoms with Crippen molar-refractivity contribution in [3.05, 3.63) is 54.1 Å². The second-order valence-electron chi connectivity index (χ2n) is 12.3. The monoisotopic (exact) mass is 770 g/mol. The normalized spacial score (nSPS) is 23.2. The highest BCUT2D eigenvalue weighted by Gasteiger charge is 2.73. The zero-order valence-electron chi connectivity index (χ0n) is 29.1. The first kappa shape index (κ1) is 42.6. The highest BCUT2D eigenvalue weighted by molar-refractivity contribution is 6.18. The number of ether oxygens (including phenoxy) is 2. The number of Topliss-reactive ketones (excluding diaryl/α,β-unsaturated/α-hetero) is 3. The predicted molar refractivity (Wildman–Crippen MR) is 193 cm³/mol. The largest absolute Gasteiger partial charge is 0.416 e. The molecule has 0 bridgehead atoms. The Bertz CT molecular complexity index is 1550. The summed E-state index contributed by atoms with van der Waals surface area (Å²) in [5, 5.41) is 40.2. The van der Waals surface area contributed by atoms with E-state index in [9.17, 15) is 39.3 Å². The van der Waals surface area contributed by atoms with Crippen LogP contribution in [0.4, 0.5) is 26.2 Å². The molecule has 0 saturated carbocycles. The molecule has 0 aliphatic carbocycles. The van der Waals surface area contributed by atoms with Crippen LogP contribution in [-0.2, 0) is 35.1 Å². The fourth-order valence-electron chi connectivity index (χ4n) is 5.78. The van der Waals surface area contributed by atoms with Crippen molar-refractivity contribution in [3.63, 3.8) is 0 Å². The molecule has 14 nitrogen and oxygen atoms in total. The molecule has 0 aromatic heterocycles. The van der Waals surface area contributed by atoms with Gasteiger partial charge in [0.1, 0.15) is 18.8 Å². The molecule has 2 amide bonds. The Morgan fingerprint density at radius 3 is 2.02 bits per heavy atom. The standard InChI is InChI=1S/C35H45Cl2FN4O10/c1-21(43)29(47)31-35(50,23(3)45)34(49,22(2)44)30(38)32(51-31)52-33(48)40-20-28(46)41-26-11-9-25(10-12-26)39-17-5-4-6-24-7-13-27(14-8-24)42(18-15-36)19-16-37/h7-14,29-32,39,47,49-50H,4-6,15-20H2,1-3H3,(H,40,48)(H,41,46)/t29?,30-,31-,32+,34-,35-/m1/s1. The summed E-state index contributed by atoms with van der Waals surface area (Å²) in [7, 11) is 0. The maximum absolute atomic E-state index is 15.5. The third-order valence-electron chi connectivity index (χ3n) is 8.71. The van der Waals surface area contributed by atoms with E-state index in [1.165, 1.54) is 5.56 Å². The van der Waals surface area contributed by atoms with Gasteiger partial charge in [-0.15, -0.1) is 23.2 Å². The smallest absolute Gasteiger partial charge is 0.410 e. The number of nitrogens with one attached hydrogen (secondary N) is 3. The van der Waals surface area contributed by atoms with E-state index in [-0.39, 0.29) is 0 Å². The average Bonchev–Trinajstić information content (AvgIpc) is 3.11. The van der Waals surface area contributed by atoms with E-state index in [1.807, 2.05) is 5.32 Å². The van der Waals surface area contributed by atoms with Gasteiger partial charge in [0, 0.05) is 48.5 Å². The Labute approximate surface area is 310 Å². The molecular weight excluding hydrogens is 726 g/mol. The molecule has 3 rings (SSSR count). The Morgan fingerprint density at radius 2 is 1.48 bits per heavy atom. The number of aliphatic hydroxyl groups excluding tert-OH is 1. The minimum Gasteiger partial charge on any atom is -0.416 e. The zero-order chi connectivity index (χ0) is 38.6. The number of halogens is 3. The van der Waals surface area contributed by atoms with E-state index in [4.69, 9.17) is 32.7 Å². The Kier molecular flexibility index (Phi) is 15.8. The van der Waals surface area contributed by atoms with Crippen LogP contribution in [0.5, 0.6) is 0 Å². The van der Waals surface area contributed by atoms with E-state index >= 15 is 4.39 Å². The highest BCUT2D eigenvalue weighted by Crippen LogP contribution is 2.43. The maximum Gasteiger partial charge on any atom is 0.410 e. The Hall–Kier alpha value is -3.86. The molecular formula is C35H45Cl2FN4O10. The van der Waals surface area contributed by atoms with Gasteiger partial charge in [-0.2, -0.15) is 0 Å². The molecule has 1 heterocycles. The number of amides is 2. The number of alkyl halides is 3. The first-order chi connectivity index (χ1) is 24.6. The van der Waals surface area contributed by atoms with Crippen LogP contribution >= 0.6 is 23.2 Å². The van der Waals surface area contributed by atoms with E-state index in [2.05, 4.69) is 39.8 Å². The molecule has 1 fully saturated rings. The van der Waals surface area contributed by atoms with Gasteiger partial charge in [-0.1, -0.05) is 12.1 Å². The lowest BCUT2D eigenvalue weighted by Gasteiger charge is -2.52. The van der Waals surface area contributed by atoms with E-state index in [0.29, 0.717) is 31.3 Å². The van der Waals surface area contributed by atoms with Gasteiger partial charge in [-0.25, -0.2) is 9.18 Å². The van der Waals surface area contributed by atoms with Crippen LogP contribution in [0.1, 0.15) is 39.2 Å². The molecule has 2 aromatic rings. The molecule has 0 radical (unpaired) electrons. The van der Waals surface area contributed by atoms with Gasteiger partial charge < -0.3 is 45.6 Å². The summed E-state index contributed by atoms with van der Waals surface area (Å²) in [6, 6.07) is 15.2. The zero-order valence-corrected chi connectivity index (χ0v) is 30.6. The molecule has 1 unspecified atom stereocenters. The quantitative estimate of drug-likeness (QED) is 0.0902. The third-order valence-corrected chi connectivity index (χ3v) is 9.04. The van der Waals surface area contributed by atoms with Crippen LogP contribution in [0.15, 0.2) is 48.5 Å². The summed E-state index contributed by atoms with van der Waals surface area (Å²) in [5.41, 5.74) is -3.44. The average molecular weight is 772 g/mol. The first-order valence-electron chi connectivity index (χ1n) is 16.6.